The number of hydrogen-bond acceptors (Lipinski definition) is 6. The molecule has 1 unspecified atom stereocenters. The van der Waals surface area contributed by atoms with E-state index in [9.17, 15) is 27.9 Å². The molecule has 1 saturated carbocycles. The molecule has 168 valence electrons. The largest absolute Gasteiger partial charge is 0.418 e. The number of carbonyl (C=O) groups excluding carboxylic acids is 2. The molecule has 2 amide bonds. The first-order chi connectivity index (χ1) is 16.3. The number of nitrogens with one attached hydrogen (secondary N) is 3. The van der Waals surface area contributed by atoms with Gasteiger partial charge in [-0.15, -0.1) is 0 Å². The summed E-state index contributed by atoms with van der Waals surface area (Å²) >= 11 is 0. The first-order valence-corrected chi connectivity index (χ1v) is 9.44. The summed E-state index contributed by atoms with van der Waals surface area (Å²) in [5.74, 6) is -1.31. The molecule has 12 heteroatoms. The molecule has 32 heavy (non-hydrogen) atoms. The molecule has 4 rings (SSSR count). The molecule has 0 radical (unpaired) electrons. The Bertz CT molecular complexity index is 1290. The summed E-state index contributed by atoms with van der Waals surface area (Å²) in [6.45, 7) is -2.79. The van der Waals surface area contributed by atoms with Gasteiger partial charge in [-0.1, -0.05) is 0 Å². The number of fused-ring (bicyclic) bond motifs is 1. The van der Waals surface area contributed by atoms with Gasteiger partial charge in [0.15, 0.2) is 6.10 Å². The molecule has 9 nitrogen and oxygen atoms in total. The number of rotatable bonds is 6. The zero-order valence-corrected chi connectivity index (χ0v) is 16.3. The van der Waals surface area contributed by atoms with Gasteiger partial charge in [0.2, 0.25) is 5.91 Å². The van der Waals surface area contributed by atoms with Crippen molar-refractivity contribution in [2.75, 3.05) is 17.6 Å². The average molecular weight is 451 g/mol. The minimum atomic E-state index is -4.88. The summed E-state index contributed by atoms with van der Waals surface area (Å²) in [6.07, 6.45) is -2.56. The maximum Gasteiger partial charge on any atom is 0.418 e. The molecule has 1 fully saturated rings. The number of halogens is 3. The van der Waals surface area contributed by atoms with E-state index in [1.807, 2.05) is 5.32 Å². The zero-order chi connectivity index (χ0) is 25.5. The van der Waals surface area contributed by atoms with E-state index < -0.39 is 30.7 Å². The van der Waals surface area contributed by atoms with Crippen LogP contribution in [0.2, 0.25) is 0 Å². The number of nitrogens with zero attached hydrogens (tertiary/aromatic N) is 3. The monoisotopic (exact) mass is 451 g/mol. The maximum atomic E-state index is 13.0. The lowest BCUT2D eigenvalue weighted by molar-refractivity contribution is -0.206. The van der Waals surface area contributed by atoms with Crippen LogP contribution in [0.4, 0.5) is 30.4 Å². The lowest BCUT2D eigenvalue weighted by Gasteiger charge is -2.15. The van der Waals surface area contributed by atoms with Gasteiger partial charge >= 0.3 is 6.18 Å². The number of carbonyl (C=O) groups is 2. The molecule has 3 aromatic rings. The predicted octanol–water partition coefficient (Wildman–Crippen LogP) is 2.78. The molecule has 1 aliphatic rings. The molecule has 0 aliphatic heterocycles. The summed E-state index contributed by atoms with van der Waals surface area (Å²) < 4.78 is 62.0. The highest BCUT2D eigenvalue weighted by atomic mass is 19.4. The van der Waals surface area contributed by atoms with E-state index in [0.29, 0.717) is 0 Å². The number of aliphatic hydroxyl groups excluding tert-OH is 1. The van der Waals surface area contributed by atoms with Gasteiger partial charge in [-0.2, -0.15) is 18.3 Å². The third-order valence-electron chi connectivity index (χ3n) is 4.90. The van der Waals surface area contributed by atoms with Crippen LogP contribution in [0.15, 0.2) is 36.8 Å². The summed E-state index contributed by atoms with van der Waals surface area (Å²) in [4.78, 5) is 28.7. The van der Waals surface area contributed by atoms with Gasteiger partial charge in [-0.25, -0.2) is 9.50 Å². The van der Waals surface area contributed by atoms with E-state index in [1.54, 1.807) is 0 Å². The van der Waals surface area contributed by atoms with Crippen molar-refractivity contribution in [1.82, 2.24) is 19.9 Å². The predicted molar refractivity (Wildman–Crippen MR) is 108 cm³/mol. The number of aliphatic hydroxyl groups is 1. The SMILES string of the molecule is [2H]C([2H])([2H])NC(=O)c1cnc(NC(=O)C2CC2)cc1Nc1cnn2ccc(C(O)C(F)(F)F)cc12. The molecule has 0 aromatic carbocycles. The molecule has 1 atom stereocenters. The average Bonchev–Trinajstić information content (AvgIpc) is 3.53. The molecule has 3 heterocycles. The van der Waals surface area contributed by atoms with Crippen molar-refractivity contribution in [3.63, 3.8) is 0 Å². The van der Waals surface area contributed by atoms with E-state index in [0.717, 1.165) is 31.2 Å². The van der Waals surface area contributed by atoms with E-state index >= 15 is 0 Å². The van der Waals surface area contributed by atoms with Crippen LogP contribution in [0.5, 0.6) is 0 Å². The number of anilines is 3. The topological polar surface area (TPSA) is 121 Å². The van der Waals surface area contributed by atoms with Crippen molar-refractivity contribution in [3.8, 4) is 0 Å². The molecule has 0 spiro atoms. The van der Waals surface area contributed by atoms with Gasteiger partial charge in [-0.05, 0) is 30.5 Å². The Labute approximate surface area is 183 Å². The standard InChI is InChI=1S/C20H19F3N6O3/c1-24-19(32)12-8-25-16(28-18(31)10-2-3-10)7-13(12)27-14-9-26-29-5-4-11(6-15(14)29)17(30)20(21,22)23/h4-10,17,30H,2-3H2,1H3,(H,24,32)(H2,25,27,28,31)/i1D3. The molecule has 1 aliphatic carbocycles. The van der Waals surface area contributed by atoms with E-state index in [4.69, 9.17) is 4.11 Å². The molecule has 3 aromatic heterocycles. The van der Waals surface area contributed by atoms with Crippen LogP contribution in [-0.2, 0) is 4.79 Å². The molecular formula is C20H19F3N6O3. The number of amides is 2. The Morgan fingerprint density at radius 2 is 2.06 bits per heavy atom. The Kier molecular flexibility index (Phi) is 4.55. The van der Waals surface area contributed by atoms with Crippen LogP contribution in [0.25, 0.3) is 5.52 Å². The number of alkyl halides is 3. The Hall–Kier alpha value is -3.67. The molecule has 0 bridgehead atoms. The van der Waals surface area contributed by atoms with Crippen molar-refractivity contribution in [1.29, 1.82) is 0 Å². The molecule has 0 saturated heterocycles. The quantitative estimate of drug-likeness (QED) is 0.458. The van der Waals surface area contributed by atoms with Crippen molar-refractivity contribution < 1.29 is 32.0 Å². The highest BCUT2D eigenvalue weighted by molar-refractivity contribution is 6.01. The third kappa shape index (κ3) is 4.35. The fourth-order valence-corrected chi connectivity index (χ4v) is 3.05. The minimum Gasteiger partial charge on any atom is -0.379 e. The van der Waals surface area contributed by atoms with Crippen LogP contribution in [-0.4, -0.2) is 44.7 Å². The summed E-state index contributed by atoms with van der Waals surface area (Å²) in [7, 11) is 0. The molecular weight excluding hydrogens is 429 g/mol. The highest BCUT2D eigenvalue weighted by Crippen LogP contribution is 2.34. The van der Waals surface area contributed by atoms with Crippen molar-refractivity contribution in [3.05, 3.63) is 47.9 Å². The van der Waals surface area contributed by atoms with Crippen LogP contribution < -0.4 is 16.0 Å². The van der Waals surface area contributed by atoms with Crippen molar-refractivity contribution in [2.45, 2.75) is 25.1 Å². The minimum absolute atomic E-state index is 0.0181. The lowest BCUT2D eigenvalue weighted by atomic mass is 10.1. The fraction of sp³-hybridized carbons (Fsp3) is 0.300. The lowest BCUT2D eigenvalue weighted by Crippen LogP contribution is -2.20. The smallest absolute Gasteiger partial charge is 0.379 e. The normalized spacial score (nSPS) is 16.6. The van der Waals surface area contributed by atoms with E-state index in [2.05, 4.69) is 20.7 Å². The second kappa shape index (κ2) is 8.11. The van der Waals surface area contributed by atoms with Gasteiger partial charge in [0, 0.05) is 35.5 Å². The van der Waals surface area contributed by atoms with E-state index in [-0.39, 0.29) is 40.1 Å². The Morgan fingerprint density at radius 1 is 1.28 bits per heavy atom. The van der Waals surface area contributed by atoms with Crippen LogP contribution in [0.1, 0.15) is 39.0 Å². The number of aromatic nitrogens is 3. The summed E-state index contributed by atoms with van der Waals surface area (Å²) in [5, 5.41) is 20.9. The summed E-state index contributed by atoms with van der Waals surface area (Å²) in [5.41, 5.74) is -0.329. The van der Waals surface area contributed by atoms with Crippen molar-refractivity contribution in [2.24, 2.45) is 5.92 Å². The summed E-state index contributed by atoms with van der Waals surface area (Å²) in [6, 6.07) is 3.44. The van der Waals surface area contributed by atoms with E-state index in [1.165, 1.54) is 23.0 Å². The number of pyridine rings is 2. The highest BCUT2D eigenvalue weighted by Gasteiger charge is 2.39. The Morgan fingerprint density at radius 3 is 2.75 bits per heavy atom. The van der Waals surface area contributed by atoms with Gasteiger partial charge < -0.3 is 21.1 Å². The third-order valence-corrected chi connectivity index (χ3v) is 4.90. The number of hydrogen-bond donors (Lipinski definition) is 4. The molecule has 4 N–H and O–H groups in total. The van der Waals surface area contributed by atoms with Gasteiger partial charge in [0.1, 0.15) is 5.82 Å². The van der Waals surface area contributed by atoms with Gasteiger partial charge in [0.05, 0.1) is 28.7 Å². The van der Waals surface area contributed by atoms with Crippen LogP contribution in [0.3, 0.4) is 0 Å². The first-order valence-electron chi connectivity index (χ1n) is 10.9. The second-order valence-electron chi connectivity index (χ2n) is 7.25. The van der Waals surface area contributed by atoms with Crippen LogP contribution >= 0.6 is 0 Å². The Balaban J connectivity index is 1.71. The second-order valence-corrected chi connectivity index (χ2v) is 7.25. The zero-order valence-electron chi connectivity index (χ0n) is 19.3. The fourth-order valence-electron chi connectivity index (χ4n) is 3.05. The maximum absolute atomic E-state index is 13.0. The first kappa shape index (κ1) is 18.0. The van der Waals surface area contributed by atoms with Crippen molar-refractivity contribution >= 4 is 34.5 Å². The van der Waals surface area contributed by atoms with Gasteiger partial charge in [-0.3, -0.25) is 9.59 Å². The van der Waals surface area contributed by atoms with Crippen LogP contribution in [0, 0.1) is 5.92 Å². The van der Waals surface area contributed by atoms with Gasteiger partial charge in [0.25, 0.3) is 5.91 Å².